The second kappa shape index (κ2) is 7.74. The van der Waals surface area contributed by atoms with Gasteiger partial charge in [0.1, 0.15) is 0 Å². The molecule has 1 aliphatic heterocycles. The summed E-state index contributed by atoms with van der Waals surface area (Å²) in [5.74, 6) is -0.340. The first-order valence-corrected chi connectivity index (χ1v) is 9.40. The summed E-state index contributed by atoms with van der Waals surface area (Å²) in [5, 5.41) is 1.14. The molecular formula is C22H23N3O2. The smallest absolute Gasteiger partial charge is 0.337 e. The fourth-order valence-electron chi connectivity index (χ4n) is 3.63. The van der Waals surface area contributed by atoms with E-state index in [-0.39, 0.29) is 5.97 Å². The molecule has 0 saturated carbocycles. The molecule has 0 spiro atoms. The molecule has 0 unspecified atom stereocenters. The van der Waals surface area contributed by atoms with Crippen molar-refractivity contribution in [2.75, 3.05) is 25.1 Å². The number of carbonyl (C=O) groups excluding carboxylic acids is 1. The van der Waals surface area contributed by atoms with Crippen molar-refractivity contribution in [3.63, 3.8) is 0 Å². The third kappa shape index (κ3) is 3.92. The Balaban J connectivity index is 1.59. The zero-order chi connectivity index (χ0) is 18.6. The summed E-state index contributed by atoms with van der Waals surface area (Å²) < 4.78 is 4.79. The number of methoxy groups -OCH3 is 1. The van der Waals surface area contributed by atoms with Crippen molar-refractivity contribution in [3.8, 4) is 0 Å². The molecule has 3 heterocycles. The van der Waals surface area contributed by atoms with E-state index in [9.17, 15) is 4.79 Å². The molecule has 0 amide bonds. The highest BCUT2D eigenvalue weighted by molar-refractivity contribution is 5.89. The Morgan fingerprint density at radius 2 is 1.93 bits per heavy atom. The first-order chi connectivity index (χ1) is 13.2. The van der Waals surface area contributed by atoms with Crippen LogP contribution in [0.15, 0.2) is 48.8 Å². The number of rotatable bonds is 4. The summed E-state index contributed by atoms with van der Waals surface area (Å²) in [5.41, 5.74) is 4.71. The molecule has 0 bridgehead atoms. The first-order valence-electron chi connectivity index (χ1n) is 9.40. The molecular weight excluding hydrogens is 338 g/mol. The number of carbonyl (C=O) groups is 1. The summed E-state index contributed by atoms with van der Waals surface area (Å²) in [6.07, 6.45) is 8.11. The summed E-state index contributed by atoms with van der Waals surface area (Å²) >= 11 is 0. The highest BCUT2D eigenvalue weighted by atomic mass is 16.5. The molecule has 4 rings (SSSR count). The average molecular weight is 361 g/mol. The zero-order valence-corrected chi connectivity index (χ0v) is 15.5. The molecule has 2 aromatic heterocycles. The predicted octanol–water partition coefficient (Wildman–Crippen LogP) is 4.00. The van der Waals surface area contributed by atoms with Crippen LogP contribution in [0.1, 0.15) is 40.9 Å². The Kier molecular flexibility index (Phi) is 5.01. The maximum atomic E-state index is 11.7. The fraction of sp³-hybridized carbons (Fsp3) is 0.318. The summed E-state index contributed by atoms with van der Waals surface area (Å²) in [6, 6.07) is 12.0. The highest BCUT2D eigenvalue weighted by Gasteiger charge is 2.12. The van der Waals surface area contributed by atoms with Crippen LogP contribution in [0, 0.1) is 0 Å². The second-order valence-electron chi connectivity index (χ2n) is 6.97. The van der Waals surface area contributed by atoms with Gasteiger partial charge in [-0.1, -0.05) is 6.07 Å². The lowest BCUT2D eigenvalue weighted by molar-refractivity contribution is 0.0600. The SMILES string of the molecule is COC(=O)c1ccnc(Cc2ccc3ncc(N4CCCCC4)cc3c2)c1. The minimum absolute atomic E-state index is 0.340. The molecule has 1 aliphatic rings. The van der Waals surface area contributed by atoms with Crippen molar-refractivity contribution >= 4 is 22.6 Å². The van der Waals surface area contributed by atoms with Crippen molar-refractivity contribution < 1.29 is 9.53 Å². The van der Waals surface area contributed by atoms with Crippen molar-refractivity contribution in [2.24, 2.45) is 0 Å². The topological polar surface area (TPSA) is 55.3 Å². The van der Waals surface area contributed by atoms with Gasteiger partial charge >= 0.3 is 5.97 Å². The summed E-state index contributed by atoms with van der Waals surface area (Å²) in [7, 11) is 1.39. The number of piperidine rings is 1. The van der Waals surface area contributed by atoms with Crippen LogP contribution in [0.5, 0.6) is 0 Å². The van der Waals surface area contributed by atoms with E-state index in [4.69, 9.17) is 4.74 Å². The van der Waals surface area contributed by atoms with Crippen molar-refractivity contribution in [1.29, 1.82) is 0 Å². The third-order valence-corrected chi connectivity index (χ3v) is 5.08. The van der Waals surface area contributed by atoms with Crippen LogP contribution in [0.25, 0.3) is 10.9 Å². The van der Waals surface area contributed by atoms with E-state index in [0.29, 0.717) is 12.0 Å². The normalized spacial score (nSPS) is 14.3. The fourth-order valence-corrected chi connectivity index (χ4v) is 3.63. The van der Waals surface area contributed by atoms with Gasteiger partial charge in [-0.05, 0) is 55.2 Å². The molecule has 3 aromatic rings. The van der Waals surface area contributed by atoms with Crippen LogP contribution in [0.4, 0.5) is 5.69 Å². The van der Waals surface area contributed by atoms with Crippen molar-refractivity contribution in [1.82, 2.24) is 9.97 Å². The minimum atomic E-state index is -0.340. The Hall–Kier alpha value is -2.95. The van der Waals surface area contributed by atoms with Gasteiger partial charge < -0.3 is 9.64 Å². The molecule has 5 heteroatoms. The maximum absolute atomic E-state index is 11.7. The lowest BCUT2D eigenvalue weighted by atomic mass is 10.0. The maximum Gasteiger partial charge on any atom is 0.337 e. The van der Waals surface area contributed by atoms with E-state index < -0.39 is 0 Å². The Bertz CT molecular complexity index is 965. The lowest BCUT2D eigenvalue weighted by Gasteiger charge is -2.28. The molecule has 27 heavy (non-hydrogen) atoms. The van der Waals surface area contributed by atoms with E-state index in [1.807, 2.05) is 6.20 Å². The standard InChI is InChI=1S/C22H23N3O2/c1-27-22(26)17-7-8-23-19(13-17)12-16-5-6-21-18(11-16)14-20(15-24-21)25-9-3-2-4-10-25/h5-8,11,13-15H,2-4,9-10,12H2,1H3. The van der Waals surface area contributed by atoms with Crippen LogP contribution < -0.4 is 4.90 Å². The second-order valence-corrected chi connectivity index (χ2v) is 6.97. The average Bonchev–Trinajstić information content (AvgIpc) is 2.73. The number of hydrogen-bond donors (Lipinski definition) is 0. The molecule has 1 saturated heterocycles. The number of anilines is 1. The Morgan fingerprint density at radius 3 is 2.74 bits per heavy atom. The molecule has 0 radical (unpaired) electrons. The largest absolute Gasteiger partial charge is 0.465 e. The quantitative estimate of drug-likeness (QED) is 0.658. The Morgan fingerprint density at radius 1 is 1.07 bits per heavy atom. The monoisotopic (exact) mass is 361 g/mol. The summed E-state index contributed by atoms with van der Waals surface area (Å²) in [4.78, 5) is 23.2. The van der Waals surface area contributed by atoms with Crippen LogP contribution in [-0.2, 0) is 11.2 Å². The number of ether oxygens (including phenoxy) is 1. The van der Waals surface area contributed by atoms with E-state index in [1.165, 1.54) is 32.1 Å². The van der Waals surface area contributed by atoms with Crippen LogP contribution in [0.2, 0.25) is 0 Å². The number of fused-ring (bicyclic) bond motifs is 1. The number of aromatic nitrogens is 2. The number of esters is 1. The van der Waals surface area contributed by atoms with E-state index >= 15 is 0 Å². The number of nitrogens with zero attached hydrogens (tertiary/aromatic N) is 3. The highest BCUT2D eigenvalue weighted by Crippen LogP contribution is 2.24. The molecule has 138 valence electrons. The first kappa shape index (κ1) is 17.5. The van der Waals surface area contributed by atoms with E-state index in [1.54, 1.807) is 18.3 Å². The number of benzene rings is 1. The third-order valence-electron chi connectivity index (χ3n) is 5.08. The molecule has 0 aliphatic carbocycles. The van der Waals surface area contributed by atoms with E-state index in [0.717, 1.165) is 35.2 Å². The lowest BCUT2D eigenvalue weighted by Crippen LogP contribution is -2.29. The van der Waals surface area contributed by atoms with Crippen LogP contribution in [-0.4, -0.2) is 36.1 Å². The van der Waals surface area contributed by atoms with Crippen LogP contribution >= 0.6 is 0 Å². The van der Waals surface area contributed by atoms with Gasteiger partial charge in [0.15, 0.2) is 0 Å². The minimum Gasteiger partial charge on any atom is -0.465 e. The molecule has 1 aromatic carbocycles. The zero-order valence-electron chi connectivity index (χ0n) is 15.5. The number of pyridine rings is 2. The van der Waals surface area contributed by atoms with Gasteiger partial charge in [0.2, 0.25) is 0 Å². The molecule has 5 nitrogen and oxygen atoms in total. The van der Waals surface area contributed by atoms with E-state index in [2.05, 4.69) is 39.1 Å². The van der Waals surface area contributed by atoms with Crippen molar-refractivity contribution in [3.05, 3.63) is 65.6 Å². The number of hydrogen-bond acceptors (Lipinski definition) is 5. The van der Waals surface area contributed by atoms with Gasteiger partial charge in [-0.3, -0.25) is 9.97 Å². The van der Waals surface area contributed by atoms with Gasteiger partial charge in [0.05, 0.1) is 30.1 Å². The molecule has 1 fully saturated rings. The van der Waals surface area contributed by atoms with Gasteiger partial charge in [-0.15, -0.1) is 0 Å². The van der Waals surface area contributed by atoms with Gasteiger partial charge in [-0.25, -0.2) is 4.79 Å². The molecule has 0 atom stereocenters. The van der Waals surface area contributed by atoms with Gasteiger partial charge in [-0.2, -0.15) is 0 Å². The van der Waals surface area contributed by atoms with Crippen LogP contribution in [0.3, 0.4) is 0 Å². The predicted molar refractivity (Wildman–Crippen MR) is 106 cm³/mol. The molecule has 0 N–H and O–H groups in total. The van der Waals surface area contributed by atoms with Gasteiger partial charge in [0.25, 0.3) is 0 Å². The van der Waals surface area contributed by atoms with Gasteiger partial charge in [0, 0.05) is 36.8 Å². The summed E-state index contributed by atoms with van der Waals surface area (Å²) in [6.45, 7) is 2.22. The Labute approximate surface area is 159 Å². The van der Waals surface area contributed by atoms with Crippen molar-refractivity contribution in [2.45, 2.75) is 25.7 Å².